The van der Waals surface area contributed by atoms with Gasteiger partial charge in [-0.1, -0.05) is 31.2 Å². The number of ether oxygens (including phenoxy) is 1. The van der Waals surface area contributed by atoms with E-state index in [2.05, 4.69) is 36.2 Å². The van der Waals surface area contributed by atoms with Crippen molar-refractivity contribution in [2.75, 3.05) is 7.11 Å². The first-order valence-corrected chi connectivity index (χ1v) is 6.50. The fraction of sp³-hybridized carbons (Fsp3) is 0.235. The van der Waals surface area contributed by atoms with E-state index >= 15 is 0 Å². The Labute approximate surface area is 114 Å². The van der Waals surface area contributed by atoms with E-state index in [-0.39, 0.29) is 0 Å². The largest absolute Gasteiger partial charge is 0.504 e. The maximum absolute atomic E-state index is 5.02. The number of aryl methyl sites for hydroxylation is 2. The summed E-state index contributed by atoms with van der Waals surface area (Å²) in [4.78, 5) is 4.35. The summed E-state index contributed by atoms with van der Waals surface area (Å²) in [6.45, 7) is 4.18. The molecule has 2 rings (SSSR count). The monoisotopic (exact) mass is 253 g/mol. The Morgan fingerprint density at radius 3 is 2.53 bits per heavy atom. The molecule has 0 amide bonds. The van der Waals surface area contributed by atoms with Gasteiger partial charge in [0.25, 0.3) is 0 Å². The number of hydrogen-bond acceptors (Lipinski definition) is 2. The number of hydrogen-bond donors (Lipinski definition) is 0. The maximum Gasteiger partial charge on any atom is 0.0831 e. The van der Waals surface area contributed by atoms with Gasteiger partial charge in [0.1, 0.15) is 0 Å². The number of methoxy groups -OCH3 is 1. The van der Waals surface area contributed by atoms with E-state index in [0.29, 0.717) is 0 Å². The van der Waals surface area contributed by atoms with Crippen molar-refractivity contribution in [3.05, 3.63) is 59.6 Å². The van der Waals surface area contributed by atoms with Crippen molar-refractivity contribution < 1.29 is 4.74 Å². The van der Waals surface area contributed by atoms with Crippen LogP contribution in [0.5, 0.6) is 0 Å². The van der Waals surface area contributed by atoms with Crippen LogP contribution < -0.4 is 0 Å². The second-order valence-corrected chi connectivity index (χ2v) is 4.45. The lowest BCUT2D eigenvalue weighted by atomic mass is 9.98. The Morgan fingerprint density at radius 1 is 1.16 bits per heavy atom. The molecule has 1 aromatic heterocycles. The van der Waals surface area contributed by atoms with Crippen LogP contribution in [0.15, 0.2) is 42.8 Å². The molecule has 19 heavy (non-hydrogen) atoms. The Morgan fingerprint density at radius 2 is 1.89 bits per heavy atom. The third-order valence-corrected chi connectivity index (χ3v) is 3.23. The Balaban J connectivity index is 2.48. The molecule has 0 aliphatic heterocycles. The van der Waals surface area contributed by atoms with E-state index in [4.69, 9.17) is 4.74 Å². The first-order valence-electron chi connectivity index (χ1n) is 6.50. The number of nitrogens with zero attached hydrogens (tertiary/aromatic N) is 1. The second-order valence-electron chi connectivity index (χ2n) is 4.45. The molecule has 0 fully saturated rings. The molecule has 0 radical (unpaired) electrons. The van der Waals surface area contributed by atoms with Crippen LogP contribution in [0.2, 0.25) is 0 Å². The summed E-state index contributed by atoms with van der Waals surface area (Å²) in [6, 6.07) is 10.7. The molecule has 0 aliphatic carbocycles. The number of rotatable bonds is 4. The molecule has 0 saturated heterocycles. The maximum atomic E-state index is 5.02. The van der Waals surface area contributed by atoms with Crippen molar-refractivity contribution in [2.24, 2.45) is 0 Å². The predicted molar refractivity (Wildman–Crippen MR) is 79.8 cm³/mol. The van der Waals surface area contributed by atoms with Crippen LogP contribution in [0.1, 0.15) is 23.7 Å². The molecule has 2 heteroatoms. The van der Waals surface area contributed by atoms with Crippen molar-refractivity contribution in [3.8, 4) is 11.1 Å². The normalized spacial score (nSPS) is 10.9. The van der Waals surface area contributed by atoms with Gasteiger partial charge in [-0.05, 0) is 42.2 Å². The van der Waals surface area contributed by atoms with Crippen LogP contribution in [-0.4, -0.2) is 12.1 Å². The molecule has 0 N–H and O–H groups in total. The molecule has 0 atom stereocenters. The molecular formula is C17H19NO. The van der Waals surface area contributed by atoms with Crippen molar-refractivity contribution in [1.82, 2.24) is 4.98 Å². The third-order valence-electron chi connectivity index (χ3n) is 3.23. The van der Waals surface area contributed by atoms with E-state index in [9.17, 15) is 0 Å². The van der Waals surface area contributed by atoms with Crippen molar-refractivity contribution in [3.63, 3.8) is 0 Å². The molecule has 1 heterocycles. The highest BCUT2D eigenvalue weighted by Crippen LogP contribution is 2.26. The summed E-state index contributed by atoms with van der Waals surface area (Å²) in [7, 11) is 1.65. The van der Waals surface area contributed by atoms with Gasteiger partial charge in [-0.2, -0.15) is 0 Å². The average molecular weight is 253 g/mol. The molecule has 0 spiro atoms. The van der Waals surface area contributed by atoms with Gasteiger partial charge in [-0.3, -0.25) is 4.98 Å². The van der Waals surface area contributed by atoms with Gasteiger partial charge in [0.05, 0.1) is 13.4 Å². The minimum atomic E-state index is 1.00. The second kappa shape index (κ2) is 6.19. The van der Waals surface area contributed by atoms with Crippen molar-refractivity contribution in [1.29, 1.82) is 0 Å². The first kappa shape index (κ1) is 13.3. The smallest absolute Gasteiger partial charge is 0.0831 e. The van der Waals surface area contributed by atoms with Crippen LogP contribution >= 0.6 is 0 Å². The fourth-order valence-electron chi connectivity index (χ4n) is 2.10. The first-order chi connectivity index (χ1) is 9.26. The minimum absolute atomic E-state index is 1.00. The minimum Gasteiger partial charge on any atom is -0.504 e. The average Bonchev–Trinajstić information content (AvgIpc) is 2.46. The van der Waals surface area contributed by atoms with Gasteiger partial charge >= 0.3 is 0 Å². The summed E-state index contributed by atoms with van der Waals surface area (Å²) in [5, 5.41) is 0. The number of aromatic nitrogens is 1. The summed E-state index contributed by atoms with van der Waals surface area (Å²) in [5.74, 6) is 0. The molecule has 0 aliphatic rings. The zero-order valence-corrected chi connectivity index (χ0v) is 11.7. The Bertz CT molecular complexity index is 570. The van der Waals surface area contributed by atoms with Crippen LogP contribution in [-0.2, 0) is 11.2 Å². The highest BCUT2D eigenvalue weighted by atomic mass is 16.5. The standard InChI is InChI=1S/C17H19NO/c1-4-14-5-7-15(8-6-14)17-9-11-18-13(2)16(17)10-12-19-3/h5-12H,4H2,1-3H3/b12-10+. The lowest BCUT2D eigenvalue weighted by molar-refractivity contribution is 0.341. The van der Waals surface area contributed by atoms with E-state index in [0.717, 1.165) is 17.7 Å². The van der Waals surface area contributed by atoms with Gasteiger partial charge in [0, 0.05) is 17.5 Å². The van der Waals surface area contributed by atoms with Gasteiger partial charge in [0.2, 0.25) is 0 Å². The van der Waals surface area contributed by atoms with Gasteiger partial charge < -0.3 is 4.74 Å². The summed E-state index contributed by atoms with van der Waals surface area (Å²) < 4.78 is 5.02. The molecule has 2 nitrogen and oxygen atoms in total. The van der Waals surface area contributed by atoms with E-state index < -0.39 is 0 Å². The Kier molecular flexibility index (Phi) is 4.35. The van der Waals surface area contributed by atoms with E-state index in [1.54, 1.807) is 13.4 Å². The predicted octanol–water partition coefficient (Wildman–Crippen LogP) is 4.24. The van der Waals surface area contributed by atoms with Gasteiger partial charge in [0.15, 0.2) is 0 Å². The molecule has 0 saturated carbocycles. The Hall–Kier alpha value is -2.09. The van der Waals surface area contributed by atoms with E-state index in [1.807, 2.05) is 25.3 Å². The number of benzene rings is 1. The van der Waals surface area contributed by atoms with Gasteiger partial charge in [-0.25, -0.2) is 0 Å². The SMILES string of the molecule is CCc1ccc(-c2ccnc(C)c2/C=C/OC)cc1. The third kappa shape index (κ3) is 3.02. The fourth-order valence-corrected chi connectivity index (χ4v) is 2.10. The molecule has 0 bridgehead atoms. The quantitative estimate of drug-likeness (QED) is 0.760. The zero-order chi connectivity index (χ0) is 13.7. The van der Waals surface area contributed by atoms with Crippen LogP contribution in [0.4, 0.5) is 0 Å². The molecule has 0 unspecified atom stereocenters. The molecular weight excluding hydrogens is 234 g/mol. The summed E-state index contributed by atoms with van der Waals surface area (Å²) >= 11 is 0. The lowest BCUT2D eigenvalue weighted by Gasteiger charge is -2.09. The zero-order valence-electron chi connectivity index (χ0n) is 11.7. The van der Waals surface area contributed by atoms with Crippen molar-refractivity contribution in [2.45, 2.75) is 20.3 Å². The van der Waals surface area contributed by atoms with Crippen LogP contribution in [0.3, 0.4) is 0 Å². The summed E-state index contributed by atoms with van der Waals surface area (Å²) in [6.07, 6.45) is 6.56. The molecule has 98 valence electrons. The van der Waals surface area contributed by atoms with Gasteiger partial charge in [-0.15, -0.1) is 0 Å². The topological polar surface area (TPSA) is 22.1 Å². The highest BCUT2D eigenvalue weighted by Gasteiger charge is 2.06. The number of pyridine rings is 1. The van der Waals surface area contributed by atoms with Crippen LogP contribution in [0, 0.1) is 6.92 Å². The molecule has 1 aromatic carbocycles. The van der Waals surface area contributed by atoms with E-state index in [1.165, 1.54) is 16.7 Å². The highest BCUT2D eigenvalue weighted by molar-refractivity contribution is 5.76. The van der Waals surface area contributed by atoms with Crippen LogP contribution in [0.25, 0.3) is 17.2 Å². The lowest BCUT2D eigenvalue weighted by Crippen LogP contribution is -1.91. The molecule has 2 aromatic rings. The summed E-state index contributed by atoms with van der Waals surface area (Å²) in [5.41, 5.74) is 5.85. The van der Waals surface area contributed by atoms with Crippen molar-refractivity contribution >= 4 is 6.08 Å².